The molecule has 0 fully saturated rings. The van der Waals surface area contributed by atoms with Gasteiger partial charge in [0.05, 0.1) is 0 Å². The molecule has 0 spiro atoms. The summed E-state index contributed by atoms with van der Waals surface area (Å²) in [5, 5.41) is 0. The summed E-state index contributed by atoms with van der Waals surface area (Å²) in [4.78, 5) is 8.93. The molecule has 0 saturated carbocycles. The fourth-order valence-electron chi connectivity index (χ4n) is 3.62. The molecule has 0 radical (unpaired) electrons. The molecule has 0 aliphatic carbocycles. The van der Waals surface area contributed by atoms with E-state index in [0.717, 1.165) is 11.4 Å². The summed E-state index contributed by atoms with van der Waals surface area (Å²) in [6, 6.07) is 13.3. The van der Waals surface area contributed by atoms with Gasteiger partial charge in [0.1, 0.15) is 0 Å². The number of aryl methyl sites for hydroxylation is 4. The van der Waals surface area contributed by atoms with Crippen LogP contribution in [0.5, 0.6) is 0 Å². The summed E-state index contributed by atoms with van der Waals surface area (Å²) in [7, 11) is 0. The van der Waals surface area contributed by atoms with Gasteiger partial charge in [-0.05, 0) is 73.2 Å². The van der Waals surface area contributed by atoms with Crippen molar-refractivity contribution >= 4 is 0 Å². The molecule has 3 rings (SSSR count). The van der Waals surface area contributed by atoms with Gasteiger partial charge >= 0.3 is 0 Å². The van der Waals surface area contributed by atoms with Crippen LogP contribution < -0.4 is 0 Å². The molecule has 0 amide bonds. The predicted molar refractivity (Wildman–Crippen MR) is 109 cm³/mol. The summed E-state index contributed by atoms with van der Waals surface area (Å²) in [6.07, 6.45) is 4.01. The minimum absolute atomic E-state index is 0.340. The Balaban J connectivity index is 1.95. The van der Waals surface area contributed by atoms with Crippen LogP contribution in [0.2, 0.25) is 0 Å². The highest BCUT2D eigenvalue weighted by Gasteiger charge is 2.17. The summed E-state index contributed by atoms with van der Waals surface area (Å²) < 4.78 is 0. The normalized spacial score (nSPS) is 13.5. The van der Waals surface area contributed by atoms with Crippen LogP contribution in [0.15, 0.2) is 48.8 Å². The van der Waals surface area contributed by atoms with Crippen molar-refractivity contribution in [3.05, 3.63) is 93.6 Å². The first-order chi connectivity index (χ1) is 12.4. The monoisotopic (exact) mass is 344 g/mol. The Labute approximate surface area is 157 Å². The predicted octanol–water partition coefficient (Wildman–Crippen LogP) is 6.01. The van der Waals surface area contributed by atoms with E-state index in [9.17, 15) is 0 Å². The minimum Gasteiger partial charge on any atom is -0.261 e. The van der Waals surface area contributed by atoms with Gasteiger partial charge < -0.3 is 0 Å². The van der Waals surface area contributed by atoms with Gasteiger partial charge in [0.2, 0.25) is 0 Å². The van der Waals surface area contributed by atoms with Crippen LogP contribution in [0.1, 0.15) is 70.5 Å². The topological polar surface area (TPSA) is 25.8 Å². The summed E-state index contributed by atoms with van der Waals surface area (Å²) in [5.41, 5.74) is 10.1. The van der Waals surface area contributed by atoms with Crippen molar-refractivity contribution in [1.82, 2.24) is 9.97 Å². The third-order valence-electron chi connectivity index (χ3n) is 5.46. The van der Waals surface area contributed by atoms with E-state index in [1.54, 1.807) is 0 Å². The Hall–Kier alpha value is -2.48. The van der Waals surface area contributed by atoms with Crippen LogP contribution >= 0.6 is 0 Å². The summed E-state index contributed by atoms with van der Waals surface area (Å²) in [5.74, 6) is 0.680. The molecule has 1 aromatic carbocycles. The Morgan fingerprint density at radius 3 is 1.31 bits per heavy atom. The zero-order valence-electron chi connectivity index (χ0n) is 16.7. The van der Waals surface area contributed by atoms with Gasteiger partial charge in [-0.25, -0.2) is 0 Å². The van der Waals surface area contributed by atoms with Gasteiger partial charge in [-0.15, -0.1) is 0 Å². The van der Waals surface area contributed by atoms with Crippen molar-refractivity contribution in [3.63, 3.8) is 0 Å². The molecule has 0 aliphatic heterocycles. The van der Waals surface area contributed by atoms with Gasteiger partial charge in [0.25, 0.3) is 0 Å². The van der Waals surface area contributed by atoms with Crippen LogP contribution in [0, 0.1) is 27.7 Å². The highest BCUT2D eigenvalue weighted by atomic mass is 14.7. The van der Waals surface area contributed by atoms with Crippen molar-refractivity contribution in [2.75, 3.05) is 0 Å². The molecule has 134 valence electrons. The SMILES string of the molecule is Cc1ccc([C@@H](C)c2cc(C)c([C@@H](C)c3ccc(C)nc3)cc2C)cn1. The summed E-state index contributed by atoms with van der Waals surface area (Å²) >= 11 is 0. The van der Waals surface area contributed by atoms with Crippen LogP contribution in [-0.2, 0) is 0 Å². The zero-order valence-corrected chi connectivity index (χ0v) is 16.7. The van der Waals surface area contributed by atoms with Gasteiger partial charge in [0, 0.05) is 35.6 Å². The van der Waals surface area contributed by atoms with E-state index in [0.29, 0.717) is 11.8 Å². The largest absolute Gasteiger partial charge is 0.261 e. The van der Waals surface area contributed by atoms with Crippen molar-refractivity contribution < 1.29 is 0 Å². The number of nitrogens with zero attached hydrogens (tertiary/aromatic N) is 2. The number of aromatic nitrogens is 2. The highest BCUT2D eigenvalue weighted by Crippen LogP contribution is 2.33. The van der Waals surface area contributed by atoms with Crippen LogP contribution in [0.3, 0.4) is 0 Å². The third kappa shape index (κ3) is 3.70. The smallest absolute Gasteiger partial charge is 0.0372 e. The molecule has 3 aromatic rings. The highest BCUT2D eigenvalue weighted by molar-refractivity contribution is 5.46. The third-order valence-corrected chi connectivity index (χ3v) is 5.46. The van der Waals surface area contributed by atoms with E-state index in [4.69, 9.17) is 0 Å². The first-order valence-corrected chi connectivity index (χ1v) is 9.33. The van der Waals surface area contributed by atoms with Crippen molar-refractivity contribution in [2.45, 2.75) is 53.4 Å². The fourth-order valence-corrected chi connectivity index (χ4v) is 3.62. The number of rotatable bonds is 4. The van der Waals surface area contributed by atoms with Gasteiger partial charge in [-0.2, -0.15) is 0 Å². The molecule has 2 atom stereocenters. The van der Waals surface area contributed by atoms with E-state index in [1.165, 1.54) is 33.4 Å². The maximum atomic E-state index is 4.46. The lowest BCUT2D eigenvalue weighted by Gasteiger charge is -2.21. The molecule has 0 aliphatic rings. The standard InChI is InChI=1S/C24H28N2/c1-15-11-24(20(6)22-10-8-18(4)26-14-22)16(2)12-23(15)19(5)21-9-7-17(3)25-13-21/h7-14,19-20H,1-6H3/t19-,20+. The maximum absolute atomic E-state index is 4.46. The molecule has 26 heavy (non-hydrogen) atoms. The Bertz CT molecular complexity index is 815. The molecule has 2 aromatic heterocycles. The first kappa shape index (κ1) is 18.3. The van der Waals surface area contributed by atoms with E-state index in [1.807, 2.05) is 26.2 Å². The molecule has 0 N–H and O–H groups in total. The second-order valence-electron chi connectivity index (χ2n) is 7.47. The molecular weight excluding hydrogens is 316 g/mol. The van der Waals surface area contributed by atoms with Crippen molar-refractivity contribution in [3.8, 4) is 0 Å². The lowest BCUT2D eigenvalue weighted by Crippen LogP contribution is -2.05. The van der Waals surface area contributed by atoms with Crippen molar-refractivity contribution in [2.24, 2.45) is 0 Å². The number of pyridine rings is 2. The van der Waals surface area contributed by atoms with Crippen molar-refractivity contribution in [1.29, 1.82) is 0 Å². The molecule has 2 nitrogen and oxygen atoms in total. The lowest BCUT2D eigenvalue weighted by molar-refractivity contribution is 0.866. The molecule has 2 heteroatoms. The average molecular weight is 345 g/mol. The van der Waals surface area contributed by atoms with Crippen LogP contribution in [-0.4, -0.2) is 9.97 Å². The Kier molecular flexibility index (Phi) is 5.22. The second-order valence-corrected chi connectivity index (χ2v) is 7.47. The van der Waals surface area contributed by atoms with Gasteiger partial charge in [0.15, 0.2) is 0 Å². The molecule has 0 saturated heterocycles. The lowest BCUT2D eigenvalue weighted by atomic mass is 9.84. The molecule has 0 unspecified atom stereocenters. The van der Waals surface area contributed by atoms with E-state index >= 15 is 0 Å². The van der Waals surface area contributed by atoms with Gasteiger partial charge in [-0.1, -0.05) is 38.1 Å². The van der Waals surface area contributed by atoms with E-state index in [-0.39, 0.29) is 0 Å². The first-order valence-electron chi connectivity index (χ1n) is 9.33. The van der Waals surface area contributed by atoms with Crippen LogP contribution in [0.4, 0.5) is 0 Å². The zero-order chi connectivity index (χ0) is 18.8. The Morgan fingerprint density at radius 1 is 0.615 bits per heavy atom. The summed E-state index contributed by atoms with van der Waals surface area (Å²) in [6.45, 7) is 13.0. The van der Waals surface area contributed by atoms with E-state index < -0.39 is 0 Å². The molecule has 2 heterocycles. The van der Waals surface area contributed by atoms with E-state index in [2.05, 4.69) is 74.1 Å². The quantitative estimate of drug-likeness (QED) is 0.579. The fraction of sp³-hybridized carbons (Fsp3) is 0.333. The number of benzene rings is 1. The minimum atomic E-state index is 0.340. The van der Waals surface area contributed by atoms with Gasteiger partial charge in [-0.3, -0.25) is 9.97 Å². The maximum Gasteiger partial charge on any atom is 0.0372 e. The number of hydrogen-bond acceptors (Lipinski definition) is 2. The van der Waals surface area contributed by atoms with Crippen LogP contribution in [0.25, 0.3) is 0 Å². The second kappa shape index (κ2) is 7.41. The number of hydrogen-bond donors (Lipinski definition) is 0. The molecular formula is C24H28N2. The Morgan fingerprint density at radius 2 is 1.00 bits per heavy atom. The average Bonchev–Trinajstić information content (AvgIpc) is 2.63. The molecule has 0 bridgehead atoms.